The lowest BCUT2D eigenvalue weighted by molar-refractivity contribution is 0.228. The van der Waals surface area contributed by atoms with Crippen LogP contribution < -0.4 is 0 Å². The van der Waals surface area contributed by atoms with E-state index < -0.39 is 0 Å². The molecule has 1 rings (SSSR count). The topological polar surface area (TPSA) is 20.2 Å². The minimum atomic E-state index is 0.256. The summed E-state index contributed by atoms with van der Waals surface area (Å²) in [7, 11) is 0. The van der Waals surface area contributed by atoms with Crippen LogP contribution in [-0.4, -0.2) is 11.7 Å². The van der Waals surface area contributed by atoms with Crippen LogP contribution >= 0.6 is 0 Å². The first-order chi connectivity index (χ1) is 6.89. The van der Waals surface area contributed by atoms with E-state index in [2.05, 4.69) is 40.3 Å². The molecule has 2 atom stereocenters. The Morgan fingerprint density at radius 1 is 1.67 bits per heavy atom. The number of hydrogen-bond donors (Lipinski definition) is 1. The van der Waals surface area contributed by atoms with E-state index in [1.54, 1.807) is 0 Å². The molecule has 0 spiro atoms. The highest BCUT2D eigenvalue weighted by molar-refractivity contribution is 5.25. The zero-order valence-electron chi connectivity index (χ0n) is 10.5. The Hall–Kier alpha value is -0.560. The van der Waals surface area contributed by atoms with Crippen LogP contribution in [0, 0.1) is 17.3 Å². The molecule has 0 saturated heterocycles. The van der Waals surface area contributed by atoms with E-state index in [4.69, 9.17) is 5.11 Å². The van der Waals surface area contributed by atoms with Crippen molar-refractivity contribution in [3.8, 4) is 0 Å². The highest BCUT2D eigenvalue weighted by atomic mass is 16.3. The largest absolute Gasteiger partial charge is 0.396 e. The van der Waals surface area contributed by atoms with Gasteiger partial charge in [-0.15, -0.1) is 0 Å². The van der Waals surface area contributed by atoms with Gasteiger partial charge in [0.15, 0.2) is 0 Å². The fourth-order valence-corrected chi connectivity index (χ4v) is 2.46. The van der Waals surface area contributed by atoms with Crippen molar-refractivity contribution in [3.05, 3.63) is 23.8 Å². The summed E-state index contributed by atoms with van der Waals surface area (Å²) in [6.07, 6.45) is 4.40. The maximum absolute atomic E-state index is 9.05. The number of aliphatic hydroxyl groups is 1. The van der Waals surface area contributed by atoms with Crippen molar-refractivity contribution in [2.24, 2.45) is 17.3 Å². The van der Waals surface area contributed by atoms with Crippen molar-refractivity contribution in [2.45, 2.75) is 40.5 Å². The Bertz CT molecular complexity index is 273. The molecule has 0 radical (unpaired) electrons. The van der Waals surface area contributed by atoms with Crippen LogP contribution in [0.15, 0.2) is 23.8 Å². The molecule has 0 aromatic carbocycles. The van der Waals surface area contributed by atoms with Gasteiger partial charge in [-0.25, -0.2) is 0 Å². The first-order valence-electron chi connectivity index (χ1n) is 5.85. The van der Waals surface area contributed by atoms with E-state index in [0.717, 1.165) is 12.8 Å². The van der Waals surface area contributed by atoms with Gasteiger partial charge in [0.05, 0.1) is 0 Å². The van der Waals surface area contributed by atoms with E-state index in [1.807, 2.05) is 0 Å². The molecule has 0 bridgehead atoms. The van der Waals surface area contributed by atoms with Gasteiger partial charge in [0, 0.05) is 6.61 Å². The third kappa shape index (κ3) is 2.52. The monoisotopic (exact) mass is 208 g/mol. The van der Waals surface area contributed by atoms with Crippen LogP contribution in [-0.2, 0) is 0 Å². The predicted molar refractivity (Wildman–Crippen MR) is 65.7 cm³/mol. The predicted octanol–water partition coefficient (Wildman–Crippen LogP) is 3.55. The summed E-state index contributed by atoms with van der Waals surface area (Å²) in [5.74, 6) is 0.903. The molecule has 0 saturated carbocycles. The summed E-state index contributed by atoms with van der Waals surface area (Å²) < 4.78 is 0. The number of allylic oxidation sites excluding steroid dienone is 3. The molecule has 1 heteroatoms. The summed E-state index contributed by atoms with van der Waals surface area (Å²) in [5.41, 5.74) is 3.03. The van der Waals surface area contributed by atoms with Gasteiger partial charge in [-0.2, -0.15) is 0 Å². The van der Waals surface area contributed by atoms with Gasteiger partial charge in [0.2, 0.25) is 0 Å². The summed E-state index contributed by atoms with van der Waals surface area (Å²) >= 11 is 0. The first-order valence-corrected chi connectivity index (χ1v) is 5.85. The molecule has 0 amide bonds. The van der Waals surface area contributed by atoms with Crippen molar-refractivity contribution >= 4 is 0 Å². The Morgan fingerprint density at radius 3 is 2.67 bits per heavy atom. The smallest absolute Gasteiger partial charge is 0.0459 e. The highest BCUT2D eigenvalue weighted by Gasteiger charge is 2.36. The van der Waals surface area contributed by atoms with Crippen molar-refractivity contribution < 1.29 is 5.11 Å². The fraction of sp³-hybridized carbons (Fsp3) is 0.714. The minimum absolute atomic E-state index is 0.256. The van der Waals surface area contributed by atoms with Gasteiger partial charge in [0.1, 0.15) is 0 Å². The van der Waals surface area contributed by atoms with E-state index in [1.165, 1.54) is 11.1 Å². The standard InChI is InChI=1S/C14H24O/c1-10(9-15)8-11(2)13-7-6-12(3)14(13,4)5/h6,10,13,15H,2,7-9H2,1,3-5H3/t10-,13-/m0/s1. The molecule has 15 heavy (non-hydrogen) atoms. The summed E-state index contributed by atoms with van der Waals surface area (Å²) in [6.45, 7) is 13.4. The third-order valence-electron chi connectivity index (χ3n) is 3.96. The maximum Gasteiger partial charge on any atom is 0.0459 e. The van der Waals surface area contributed by atoms with E-state index >= 15 is 0 Å². The second-order valence-corrected chi connectivity index (χ2v) is 5.55. The molecule has 0 unspecified atom stereocenters. The van der Waals surface area contributed by atoms with Gasteiger partial charge >= 0.3 is 0 Å². The van der Waals surface area contributed by atoms with E-state index in [0.29, 0.717) is 11.8 Å². The summed E-state index contributed by atoms with van der Waals surface area (Å²) in [5, 5.41) is 9.05. The Kier molecular flexibility index (Phi) is 3.77. The number of hydrogen-bond acceptors (Lipinski definition) is 1. The van der Waals surface area contributed by atoms with Gasteiger partial charge in [0.25, 0.3) is 0 Å². The Morgan fingerprint density at radius 2 is 2.27 bits per heavy atom. The fourth-order valence-electron chi connectivity index (χ4n) is 2.46. The first kappa shape index (κ1) is 12.5. The highest BCUT2D eigenvalue weighted by Crippen LogP contribution is 2.47. The van der Waals surface area contributed by atoms with Gasteiger partial charge in [-0.3, -0.25) is 0 Å². The molecule has 0 heterocycles. The maximum atomic E-state index is 9.05. The van der Waals surface area contributed by atoms with Crippen LogP contribution in [0.4, 0.5) is 0 Å². The van der Waals surface area contributed by atoms with Crippen molar-refractivity contribution in [1.29, 1.82) is 0 Å². The second-order valence-electron chi connectivity index (χ2n) is 5.55. The molecule has 1 N–H and O–H groups in total. The minimum Gasteiger partial charge on any atom is -0.396 e. The molecule has 0 fully saturated rings. The molecule has 1 aliphatic carbocycles. The van der Waals surface area contributed by atoms with Crippen molar-refractivity contribution in [2.75, 3.05) is 6.61 Å². The summed E-state index contributed by atoms with van der Waals surface area (Å²) in [6, 6.07) is 0. The lowest BCUT2D eigenvalue weighted by Gasteiger charge is -2.32. The van der Waals surface area contributed by atoms with Crippen LogP contribution in [0.25, 0.3) is 0 Å². The number of rotatable bonds is 4. The normalized spacial score (nSPS) is 26.2. The Balaban J connectivity index is 2.64. The molecular weight excluding hydrogens is 184 g/mol. The molecule has 0 aromatic rings. The summed E-state index contributed by atoms with van der Waals surface area (Å²) in [4.78, 5) is 0. The zero-order valence-corrected chi connectivity index (χ0v) is 10.5. The SMILES string of the molecule is C=C(C[C@H](C)CO)[C@@H]1CC=C(C)C1(C)C. The third-order valence-corrected chi connectivity index (χ3v) is 3.96. The van der Waals surface area contributed by atoms with Crippen LogP contribution in [0.3, 0.4) is 0 Å². The molecule has 1 aliphatic rings. The van der Waals surface area contributed by atoms with Gasteiger partial charge in [-0.1, -0.05) is 44.6 Å². The molecule has 0 aliphatic heterocycles. The lowest BCUT2D eigenvalue weighted by atomic mass is 9.73. The van der Waals surface area contributed by atoms with Crippen LogP contribution in [0.5, 0.6) is 0 Å². The molecule has 86 valence electrons. The molecule has 0 aromatic heterocycles. The molecule has 1 nitrogen and oxygen atoms in total. The van der Waals surface area contributed by atoms with Gasteiger partial charge in [-0.05, 0) is 37.0 Å². The Labute approximate surface area is 93.9 Å². The van der Waals surface area contributed by atoms with Crippen molar-refractivity contribution in [1.82, 2.24) is 0 Å². The van der Waals surface area contributed by atoms with E-state index in [9.17, 15) is 0 Å². The quantitative estimate of drug-likeness (QED) is 0.700. The number of aliphatic hydroxyl groups excluding tert-OH is 1. The molecular formula is C14H24O. The zero-order chi connectivity index (χ0) is 11.6. The van der Waals surface area contributed by atoms with Crippen molar-refractivity contribution in [3.63, 3.8) is 0 Å². The second kappa shape index (κ2) is 4.52. The van der Waals surface area contributed by atoms with Crippen LogP contribution in [0.2, 0.25) is 0 Å². The average molecular weight is 208 g/mol. The average Bonchev–Trinajstić information content (AvgIpc) is 2.41. The lowest BCUT2D eigenvalue weighted by Crippen LogP contribution is -2.23. The van der Waals surface area contributed by atoms with E-state index in [-0.39, 0.29) is 12.0 Å². The van der Waals surface area contributed by atoms with Gasteiger partial charge < -0.3 is 5.11 Å². The van der Waals surface area contributed by atoms with Crippen LogP contribution in [0.1, 0.15) is 40.5 Å².